The van der Waals surface area contributed by atoms with Crippen LogP contribution < -0.4 is 15.7 Å². The lowest BCUT2D eigenvalue weighted by Crippen LogP contribution is -2.60. The number of benzene rings is 7. The van der Waals surface area contributed by atoms with Gasteiger partial charge in [0, 0.05) is 70.4 Å². The summed E-state index contributed by atoms with van der Waals surface area (Å²) in [5.41, 5.74) is 19.5. The van der Waals surface area contributed by atoms with Crippen molar-refractivity contribution in [2.24, 2.45) is 0 Å². The first-order valence-electron chi connectivity index (χ1n) is 23.0. The maximum atomic E-state index is 6.59. The average molecular weight is 837 g/mol. The van der Waals surface area contributed by atoms with Crippen molar-refractivity contribution in [3.63, 3.8) is 0 Å². The first-order valence-corrected chi connectivity index (χ1v) is 23.8. The molecule has 310 valence electrons. The van der Waals surface area contributed by atoms with Crippen molar-refractivity contribution < 1.29 is 4.42 Å². The number of thiophene rings is 1. The van der Waals surface area contributed by atoms with Gasteiger partial charge in [0.25, 0.3) is 0 Å². The molecule has 3 aliphatic rings. The first kappa shape index (κ1) is 37.8. The van der Waals surface area contributed by atoms with Crippen LogP contribution in [-0.4, -0.2) is 11.4 Å². The molecule has 0 fully saturated rings. The van der Waals surface area contributed by atoms with Gasteiger partial charge in [-0.3, -0.25) is 0 Å². The number of hydrogen-bond acceptors (Lipinski definition) is 3. The van der Waals surface area contributed by atoms with Gasteiger partial charge in [-0.15, -0.1) is 11.3 Å². The van der Waals surface area contributed by atoms with Gasteiger partial charge in [0.2, 0.25) is 0 Å². The lowest BCUT2D eigenvalue weighted by Gasteiger charge is -2.42. The fourth-order valence-corrected chi connectivity index (χ4v) is 13.0. The third-order valence-electron chi connectivity index (χ3n) is 15.5. The Morgan fingerprint density at radius 2 is 1.24 bits per heavy atom. The zero-order valence-corrected chi connectivity index (χ0v) is 39.0. The van der Waals surface area contributed by atoms with Gasteiger partial charge in [0.1, 0.15) is 11.2 Å². The van der Waals surface area contributed by atoms with Crippen LogP contribution in [0.3, 0.4) is 0 Å². The number of furan rings is 1. The zero-order valence-electron chi connectivity index (χ0n) is 38.2. The van der Waals surface area contributed by atoms with Crippen LogP contribution in [0.4, 0.5) is 11.4 Å². The molecular formula is C58H53BN2OS. The van der Waals surface area contributed by atoms with E-state index < -0.39 is 0 Å². The highest BCUT2D eigenvalue weighted by atomic mass is 32.1. The molecule has 13 rings (SSSR count). The van der Waals surface area contributed by atoms with Crippen LogP contribution in [0.25, 0.3) is 80.7 Å². The predicted octanol–water partition coefficient (Wildman–Crippen LogP) is 15.2. The van der Waals surface area contributed by atoms with Gasteiger partial charge in [0.15, 0.2) is 0 Å². The number of hydrogen-bond donors (Lipinski definition) is 0. The van der Waals surface area contributed by atoms with E-state index >= 15 is 0 Å². The lowest BCUT2D eigenvalue weighted by atomic mass is 9.43. The van der Waals surface area contributed by atoms with E-state index in [1.165, 1.54) is 122 Å². The van der Waals surface area contributed by atoms with Crippen molar-refractivity contribution in [3.8, 4) is 16.8 Å². The predicted molar refractivity (Wildman–Crippen MR) is 273 cm³/mol. The molecule has 63 heavy (non-hydrogen) atoms. The summed E-state index contributed by atoms with van der Waals surface area (Å²) in [5.74, 6) is 0. The molecule has 3 aromatic heterocycles. The topological polar surface area (TPSA) is 21.3 Å². The Morgan fingerprint density at radius 1 is 0.556 bits per heavy atom. The molecule has 0 unspecified atom stereocenters. The molecule has 0 atom stereocenters. The van der Waals surface area contributed by atoms with Crippen LogP contribution in [0.2, 0.25) is 0 Å². The highest BCUT2D eigenvalue weighted by Crippen LogP contribution is 2.52. The van der Waals surface area contributed by atoms with E-state index in [0.29, 0.717) is 0 Å². The van der Waals surface area contributed by atoms with E-state index in [9.17, 15) is 0 Å². The van der Waals surface area contributed by atoms with E-state index in [0.717, 1.165) is 16.6 Å². The second-order valence-corrected chi connectivity index (χ2v) is 23.5. The van der Waals surface area contributed by atoms with Gasteiger partial charge >= 0.3 is 6.85 Å². The average Bonchev–Trinajstić information content (AvgIpc) is 3.90. The largest absolute Gasteiger partial charge is 0.456 e. The normalized spacial score (nSPS) is 16.5. The van der Waals surface area contributed by atoms with Gasteiger partial charge in [-0.05, 0) is 128 Å². The minimum Gasteiger partial charge on any atom is -0.456 e. The van der Waals surface area contributed by atoms with Crippen molar-refractivity contribution in [2.45, 2.75) is 104 Å². The summed E-state index contributed by atoms with van der Waals surface area (Å²) in [5, 5.41) is 7.64. The lowest BCUT2D eigenvalue weighted by molar-refractivity contribution is 0.332. The summed E-state index contributed by atoms with van der Waals surface area (Å²) in [7, 11) is 0. The van der Waals surface area contributed by atoms with Crippen molar-refractivity contribution in [1.82, 2.24) is 4.57 Å². The molecule has 1 aliphatic carbocycles. The Bertz CT molecular complexity index is 3650. The third kappa shape index (κ3) is 5.09. The monoisotopic (exact) mass is 836 g/mol. The number of para-hydroxylation sites is 1. The fraction of sp³-hybridized carbons (Fsp3) is 0.276. The number of fused-ring (bicyclic) bond motifs is 15. The second-order valence-electron chi connectivity index (χ2n) is 22.4. The van der Waals surface area contributed by atoms with Gasteiger partial charge in [-0.25, -0.2) is 0 Å². The summed E-state index contributed by atoms with van der Waals surface area (Å²) >= 11 is 1.97. The van der Waals surface area contributed by atoms with Crippen molar-refractivity contribution in [2.75, 3.05) is 4.81 Å². The summed E-state index contributed by atoms with van der Waals surface area (Å²) < 4.78 is 11.9. The molecule has 10 aromatic rings. The van der Waals surface area contributed by atoms with Crippen LogP contribution in [0.15, 0.2) is 120 Å². The van der Waals surface area contributed by atoms with Crippen LogP contribution in [0, 0.1) is 0 Å². The fourth-order valence-electron chi connectivity index (χ4n) is 11.8. The SMILES string of the molecule is CC(C)(C)c1ccc(N2B3c4cc(C(C)(C)C)ccc4-n4c5cc6oc7ccccc7c6cc5c5ccc(c3c54)-c3cc4c(cc32)sc2cc3c(cc24)C(C)(C)CCC3(C)C)cc1. The van der Waals surface area contributed by atoms with Gasteiger partial charge in [-0.1, -0.05) is 124 Å². The van der Waals surface area contributed by atoms with Gasteiger partial charge in [-0.2, -0.15) is 0 Å². The molecule has 5 heteroatoms. The van der Waals surface area contributed by atoms with Crippen molar-refractivity contribution in [3.05, 3.63) is 138 Å². The number of rotatable bonds is 1. The van der Waals surface area contributed by atoms with E-state index in [2.05, 4.69) is 194 Å². The second kappa shape index (κ2) is 12.1. The molecule has 0 radical (unpaired) electrons. The first-order chi connectivity index (χ1) is 30.0. The molecule has 0 saturated carbocycles. The highest BCUT2D eigenvalue weighted by Gasteiger charge is 2.45. The Labute approximate surface area is 374 Å². The summed E-state index contributed by atoms with van der Waals surface area (Å²) in [6.45, 7) is 23.7. The Hall–Kier alpha value is -5.78. The van der Waals surface area contributed by atoms with Crippen LogP contribution in [0.1, 0.15) is 104 Å². The molecule has 0 N–H and O–H groups in total. The number of anilines is 2. The minimum absolute atomic E-state index is 0.0271. The Morgan fingerprint density at radius 3 is 1.98 bits per heavy atom. The molecule has 5 heterocycles. The number of aromatic nitrogens is 1. The highest BCUT2D eigenvalue weighted by molar-refractivity contribution is 7.25. The molecule has 0 spiro atoms. The molecular weight excluding hydrogens is 784 g/mol. The van der Waals surface area contributed by atoms with Crippen LogP contribution in [-0.2, 0) is 21.7 Å². The molecule has 7 aromatic carbocycles. The molecule has 0 amide bonds. The smallest absolute Gasteiger partial charge is 0.333 e. The van der Waals surface area contributed by atoms with E-state index in [1.807, 2.05) is 11.3 Å². The van der Waals surface area contributed by atoms with Gasteiger partial charge in [0.05, 0.1) is 11.0 Å². The van der Waals surface area contributed by atoms with Crippen LogP contribution >= 0.6 is 11.3 Å². The summed E-state index contributed by atoms with van der Waals surface area (Å²) in [6.07, 6.45) is 2.42. The number of nitrogens with zero attached hydrogens (tertiary/aromatic N) is 2. The standard InChI is InChI=1S/C58H53BN2OS/c1-55(2,3)32-15-18-34(19-16-32)61-48-31-52-41(42-28-43-44(29-51(42)63-52)58(9,10)24-23-57(43,7)8)27-38(48)36-20-21-37-39-26-40-35-13-11-12-14-49(35)62-50(40)30-47(39)60-46-22-17-33(56(4,5)6)25-45(46)59(61)53(36)54(37)60/h11-22,25-31H,23-24H2,1-10H3. The van der Waals surface area contributed by atoms with E-state index in [4.69, 9.17) is 4.42 Å². The van der Waals surface area contributed by atoms with Gasteiger partial charge < -0.3 is 13.8 Å². The van der Waals surface area contributed by atoms with Crippen molar-refractivity contribution in [1.29, 1.82) is 0 Å². The maximum absolute atomic E-state index is 6.59. The van der Waals surface area contributed by atoms with Crippen LogP contribution in [0.5, 0.6) is 0 Å². The van der Waals surface area contributed by atoms with Crippen molar-refractivity contribution >= 4 is 104 Å². The maximum Gasteiger partial charge on any atom is 0.333 e. The van der Waals surface area contributed by atoms with E-state index in [-0.39, 0.29) is 28.5 Å². The summed E-state index contributed by atoms with van der Waals surface area (Å²) in [6, 6.07) is 45.1. The summed E-state index contributed by atoms with van der Waals surface area (Å²) in [4.78, 5) is 2.70. The Balaban J connectivity index is 1.17. The van der Waals surface area contributed by atoms with E-state index in [1.54, 1.807) is 0 Å². The quantitative estimate of drug-likeness (QED) is 0.154. The third-order valence-corrected chi connectivity index (χ3v) is 16.7. The minimum atomic E-state index is -0.0460. The Kier molecular flexibility index (Phi) is 7.23. The molecule has 3 nitrogen and oxygen atoms in total. The zero-order chi connectivity index (χ0) is 43.3. The molecule has 2 aliphatic heterocycles. The molecule has 0 saturated heterocycles. The molecule has 0 bridgehead atoms.